The van der Waals surface area contributed by atoms with Crippen LogP contribution in [0.5, 0.6) is 11.5 Å². The number of hydrogen-bond acceptors (Lipinski definition) is 10. The van der Waals surface area contributed by atoms with Crippen molar-refractivity contribution in [1.29, 1.82) is 0 Å². The fourth-order valence-electron chi connectivity index (χ4n) is 3.44. The first-order chi connectivity index (χ1) is 18.5. The Morgan fingerprint density at radius 1 is 0.949 bits per heavy atom. The van der Waals surface area contributed by atoms with Crippen molar-refractivity contribution in [3.8, 4) is 11.5 Å². The van der Waals surface area contributed by atoms with Crippen LogP contribution in [0.25, 0.3) is 0 Å². The van der Waals surface area contributed by atoms with Crippen LogP contribution in [0, 0.1) is 12.3 Å². The molecular formula is C28H34NO10. The van der Waals surface area contributed by atoms with Crippen molar-refractivity contribution < 1.29 is 48.4 Å². The van der Waals surface area contributed by atoms with Crippen molar-refractivity contribution in [1.82, 2.24) is 5.48 Å². The second-order valence-electron chi connectivity index (χ2n) is 9.24. The van der Waals surface area contributed by atoms with Crippen molar-refractivity contribution >= 4 is 24.2 Å². The minimum absolute atomic E-state index is 0.0530. The number of carboxylic acid groups (broad SMARTS) is 1. The number of carbonyl (C=O) groups excluding carboxylic acids is 3. The minimum Gasteiger partial charge on any atom is -0.497 e. The molecule has 0 saturated heterocycles. The molecule has 11 heteroatoms. The Balaban J connectivity index is 1.90. The summed E-state index contributed by atoms with van der Waals surface area (Å²) >= 11 is 0. The predicted molar refractivity (Wildman–Crippen MR) is 138 cm³/mol. The molecule has 0 aromatic heterocycles. The molecular weight excluding hydrogens is 510 g/mol. The monoisotopic (exact) mass is 544 g/mol. The normalized spacial score (nSPS) is 13.2. The molecule has 2 rings (SSSR count). The molecule has 0 saturated carbocycles. The van der Waals surface area contributed by atoms with Gasteiger partial charge in [-0.15, -0.1) is 5.48 Å². The Kier molecular flexibility index (Phi) is 12.4. The largest absolute Gasteiger partial charge is 0.497 e. The van der Waals surface area contributed by atoms with Gasteiger partial charge in [0.2, 0.25) is 0 Å². The summed E-state index contributed by atoms with van der Waals surface area (Å²) in [6.07, 6.45) is 1.21. The number of aliphatic carboxylic acids is 1. The quantitative estimate of drug-likeness (QED) is 0.153. The molecule has 2 atom stereocenters. The van der Waals surface area contributed by atoms with Gasteiger partial charge >= 0.3 is 17.9 Å². The lowest BCUT2D eigenvalue weighted by Gasteiger charge is -2.26. The van der Waals surface area contributed by atoms with Crippen molar-refractivity contribution in [2.75, 3.05) is 7.11 Å². The maximum absolute atomic E-state index is 12.8. The van der Waals surface area contributed by atoms with Gasteiger partial charge in [0, 0.05) is 6.42 Å². The lowest BCUT2D eigenvalue weighted by Crippen LogP contribution is -2.44. The number of benzene rings is 2. The average molecular weight is 545 g/mol. The molecule has 0 bridgehead atoms. The molecule has 11 nitrogen and oxygen atoms in total. The first-order valence-electron chi connectivity index (χ1n) is 12.3. The van der Waals surface area contributed by atoms with Crippen LogP contribution in [0.2, 0.25) is 0 Å². The van der Waals surface area contributed by atoms with E-state index in [0.717, 1.165) is 6.42 Å². The van der Waals surface area contributed by atoms with Crippen LogP contribution in [-0.2, 0) is 41.9 Å². The molecule has 0 spiro atoms. The van der Waals surface area contributed by atoms with Gasteiger partial charge in [0.15, 0.2) is 5.60 Å². The number of hydroxylamine groups is 1. The van der Waals surface area contributed by atoms with Crippen molar-refractivity contribution in [3.05, 3.63) is 66.1 Å². The molecule has 0 aliphatic carbocycles. The highest BCUT2D eigenvalue weighted by Crippen LogP contribution is 2.24. The predicted octanol–water partition coefficient (Wildman–Crippen LogP) is 2.78. The highest BCUT2D eigenvalue weighted by molar-refractivity contribution is 5.92. The van der Waals surface area contributed by atoms with E-state index in [9.17, 15) is 24.3 Å². The van der Waals surface area contributed by atoms with E-state index in [4.69, 9.17) is 24.2 Å². The van der Waals surface area contributed by atoms with Crippen LogP contribution in [0.15, 0.2) is 48.5 Å². The number of rotatable bonds is 17. The summed E-state index contributed by atoms with van der Waals surface area (Å²) in [5, 5.41) is 19.7. The van der Waals surface area contributed by atoms with E-state index in [1.165, 1.54) is 0 Å². The molecule has 2 aromatic carbocycles. The average Bonchev–Trinajstić information content (AvgIpc) is 2.90. The Morgan fingerprint density at radius 2 is 1.51 bits per heavy atom. The third kappa shape index (κ3) is 11.1. The molecule has 0 heterocycles. The first kappa shape index (κ1) is 31.3. The lowest BCUT2D eigenvalue weighted by molar-refractivity contribution is -0.168. The van der Waals surface area contributed by atoms with Gasteiger partial charge in [-0.05, 0) is 54.2 Å². The number of aldehydes is 1. The second kappa shape index (κ2) is 15.5. The summed E-state index contributed by atoms with van der Waals surface area (Å²) in [7, 11) is 1.54. The zero-order valence-electron chi connectivity index (χ0n) is 22.1. The zero-order chi connectivity index (χ0) is 28.8. The Bertz CT molecular complexity index is 1080. The number of esters is 2. The molecule has 0 fully saturated rings. The third-order valence-electron chi connectivity index (χ3n) is 5.42. The number of aliphatic hydroxyl groups is 1. The molecule has 211 valence electrons. The molecule has 0 aliphatic rings. The summed E-state index contributed by atoms with van der Waals surface area (Å²) in [6, 6.07) is 12.4. The van der Waals surface area contributed by atoms with Gasteiger partial charge in [-0.25, -0.2) is 4.79 Å². The highest BCUT2D eigenvalue weighted by atomic mass is 16.6. The number of ether oxygens (including phenoxy) is 3. The highest BCUT2D eigenvalue weighted by Gasteiger charge is 2.41. The number of methoxy groups -OCH3 is 1. The van der Waals surface area contributed by atoms with Crippen LogP contribution >= 0.6 is 0 Å². The molecule has 1 unspecified atom stereocenters. The van der Waals surface area contributed by atoms with Crippen LogP contribution in [0.4, 0.5) is 0 Å². The van der Waals surface area contributed by atoms with Gasteiger partial charge in [-0.1, -0.05) is 38.1 Å². The maximum atomic E-state index is 12.8. The lowest BCUT2D eigenvalue weighted by atomic mass is 9.89. The van der Waals surface area contributed by atoms with Crippen LogP contribution in [0.1, 0.15) is 44.2 Å². The number of carbonyl (C=O) groups is 4. The molecule has 0 amide bonds. The van der Waals surface area contributed by atoms with E-state index >= 15 is 0 Å². The Hall–Kier alpha value is -3.96. The SMILES string of the molecule is COc1ccc(COC(=O)[CH]C(O)(CC(C)C)C(=O)OCc2ccc(ON[C@@H](C=O)CCC(=O)O)cc2)cc1. The maximum Gasteiger partial charge on any atom is 0.339 e. The molecule has 0 aliphatic heterocycles. The summed E-state index contributed by atoms with van der Waals surface area (Å²) in [4.78, 5) is 52.2. The summed E-state index contributed by atoms with van der Waals surface area (Å²) in [5.74, 6) is -2.02. The van der Waals surface area contributed by atoms with E-state index in [-0.39, 0.29) is 38.4 Å². The van der Waals surface area contributed by atoms with Crippen LogP contribution < -0.4 is 15.1 Å². The minimum atomic E-state index is -2.18. The van der Waals surface area contributed by atoms with Gasteiger partial charge < -0.3 is 34.1 Å². The fourth-order valence-corrected chi connectivity index (χ4v) is 3.44. The summed E-state index contributed by atoms with van der Waals surface area (Å²) < 4.78 is 15.6. The van der Waals surface area contributed by atoms with Crippen LogP contribution in [0.3, 0.4) is 0 Å². The van der Waals surface area contributed by atoms with E-state index in [2.05, 4.69) is 5.48 Å². The van der Waals surface area contributed by atoms with E-state index in [1.54, 1.807) is 69.5 Å². The molecule has 1 radical (unpaired) electrons. The Labute approximate surface area is 227 Å². The summed E-state index contributed by atoms with van der Waals surface area (Å²) in [6.45, 7) is 3.34. The zero-order valence-corrected chi connectivity index (χ0v) is 22.1. The number of carboxylic acids is 1. The van der Waals surface area contributed by atoms with Gasteiger partial charge in [0.05, 0.1) is 13.2 Å². The van der Waals surface area contributed by atoms with Gasteiger partial charge in [-0.2, -0.15) is 0 Å². The van der Waals surface area contributed by atoms with Crippen LogP contribution in [-0.4, -0.2) is 53.2 Å². The number of nitrogens with one attached hydrogen (secondary N) is 1. The van der Waals surface area contributed by atoms with Crippen molar-refractivity contribution in [2.24, 2.45) is 5.92 Å². The van der Waals surface area contributed by atoms with Gasteiger partial charge in [0.25, 0.3) is 0 Å². The standard InChI is InChI=1S/C28H34NO10/c1-19(2)14-28(35,15-26(33)37-17-20-4-9-23(36-3)10-5-20)27(34)38-18-21-6-11-24(12-7-21)39-29-22(16-30)8-13-25(31)32/h4-7,9-12,15-16,19,22,29,35H,8,13-14,17-18H2,1-3H3,(H,31,32)/t22-,28?/m1/s1. The molecule has 3 N–H and O–H groups in total. The third-order valence-corrected chi connectivity index (χ3v) is 5.42. The number of hydrogen-bond donors (Lipinski definition) is 3. The molecule has 39 heavy (non-hydrogen) atoms. The fraction of sp³-hybridized carbons (Fsp3) is 0.393. The van der Waals surface area contributed by atoms with E-state index < -0.39 is 29.6 Å². The van der Waals surface area contributed by atoms with Gasteiger partial charge in [-0.3, -0.25) is 9.59 Å². The van der Waals surface area contributed by atoms with Gasteiger partial charge in [0.1, 0.15) is 37.4 Å². The van der Waals surface area contributed by atoms with Crippen molar-refractivity contribution in [2.45, 2.75) is 58.0 Å². The van der Waals surface area contributed by atoms with E-state index in [0.29, 0.717) is 28.9 Å². The smallest absolute Gasteiger partial charge is 0.339 e. The van der Waals surface area contributed by atoms with E-state index in [1.807, 2.05) is 0 Å². The first-order valence-corrected chi connectivity index (χ1v) is 12.3. The topological polar surface area (TPSA) is 158 Å². The van der Waals surface area contributed by atoms with Crippen molar-refractivity contribution in [3.63, 3.8) is 0 Å². The second-order valence-corrected chi connectivity index (χ2v) is 9.24. The summed E-state index contributed by atoms with van der Waals surface area (Å²) in [5.41, 5.74) is 1.58. The Morgan fingerprint density at radius 3 is 2.03 bits per heavy atom. The molecule has 2 aromatic rings.